The van der Waals surface area contributed by atoms with Gasteiger partial charge in [-0.3, -0.25) is 0 Å². The number of fused-ring (bicyclic) bond motifs is 1. The maximum absolute atomic E-state index is 5.83. The molecule has 1 aliphatic heterocycles. The van der Waals surface area contributed by atoms with Gasteiger partial charge in [-0.1, -0.05) is 22.9 Å². The number of benzene rings is 1. The molecule has 1 aromatic carbocycles. The van der Waals surface area contributed by atoms with E-state index in [1.165, 1.54) is 11.1 Å². The Bertz CT molecular complexity index is 378. The number of rotatable bonds is 4. The van der Waals surface area contributed by atoms with E-state index in [4.69, 9.17) is 16.3 Å². The SMILES string of the molecule is CC(CCl)CCc1cc(Br)cc2c1OCC2. The highest BCUT2D eigenvalue weighted by Gasteiger charge is 2.17. The molecule has 0 aliphatic carbocycles. The van der Waals surface area contributed by atoms with Crippen LogP contribution in [0.15, 0.2) is 16.6 Å². The van der Waals surface area contributed by atoms with Crippen molar-refractivity contribution in [3.8, 4) is 5.75 Å². The third-order valence-electron chi connectivity index (χ3n) is 3.00. The zero-order valence-corrected chi connectivity index (χ0v) is 11.8. The number of hydrogen-bond donors (Lipinski definition) is 0. The number of halogens is 2. The van der Waals surface area contributed by atoms with Gasteiger partial charge in [0.05, 0.1) is 6.61 Å². The topological polar surface area (TPSA) is 9.23 Å². The Kier molecular flexibility index (Phi) is 4.15. The Hall–Kier alpha value is -0.210. The van der Waals surface area contributed by atoms with Gasteiger partial charge in [0.1, 0.15) is 5.75 Å². The van der Waals surface area contributed by atoms with Crippen LogP contribution in [0, 0.1) is 5.92 Å². The van der Waals surface area contributed by atoms with E-state index < -0.39 is 0 Å². The van der Waals surface area contributed by atoms with Gasteiger partial charge in [-0.15, -0.1) is 11.6 Å². The first-order valence-corrected chi connectivity index (χ1v) is 7.03. The Morgan fingerprint density at radius 1 is 1.50 bits per heavy atom. The van der Waals surface area contributed by atoms with Gasteiger partial charge in [-0.25, -0.2) is 0 Å². The lowest BCUT2D eigenvalue weighted by atomic mass is 10.00. The van der Waals surface area contributed by atoms with Gasteiger partial charge in [0, 0.05) is 16.8 Å². The lowest BCUT2D eigenvalue weighted by molar-refractivity contribution is 0.352. The quantitative estimate of drug-likeness (QED) is 0.758. The van der Waals surface area contributed by atoms with Gasteiger partial charge >= 0.3 is 0 Å². The van der Waals surface area contributed by atoms with E-state index >= 15 is 0 Å². The fourth-order valence-electron chi connectivity index (χ4n) is 2.01. The summed E-state index contributed by atoms with van der Waals surface area (Å²) in [6.07, 6.45) is 3.21. The van der Waals surface area contributed by atoms with Crippen molar-refractivity contribution in [2.45, 2.75) is 26.2 Å². The average Bonchev–Trinajstić information content (AvgIpc) is 2.73. The van der Waals surface area contributed by atoms with E-state index in [0.29, 0.717) is 5.92 Å². The molecule has 0 spiro atoms. The molecule has 0 bridgehead atoms. The summed E-state index contributed by atoms with van der Waals surface area (Å²) in [5, 5.41) is 0. The zero-order valence-electron chi connectivity index (χ0n) is 9.43. The molecular formula is C13H16BrClO. The van der Waals surface area contributed by atoms with Gasteiger partial charge in [0.15, 0.2) is 0 Å². The van der Waals surface area contributed by atoms with Crippen molar-refractivity contribution in [2.24, 2.45) is 5.92 Å². The lowest BCUT2D eigenvalue weighted by Crippen LogP contribution is -2.00. The second-order valence-electron chi connectivity index (χ2n) is 4.45. The Balaban J connectivity index is 2.14. The van der Waals surface area contributed by atoms with E-state index in [0.717, 1.165) is 42.0 Å². The number of hydrogen-bond acceptors (Lipinski definition) is 1. The van der Waals surface area contributed by atoms with Crippen molar-refractivity contribution < 1.29 is 4.74 Å². The van der Waals surface area contributed by atoms with Crippen LogP contribution in [-0.4, -0.2) is 12.5 Å². The molecule has 1 unspecified atom stereocenters. The molecule has 0 fully saturated rings. The Morgan fingerprint density at radius 3 is 3.06 bits per heavy atom. The number of ether oxygens (including phenoxy) is 1. The second kappa shape index (κ2) is 5.42. The highest BCUT2D eigenvalue weighted by Crippen LogP contribution is 2.34. The van der Waals surface area contributed by atoms with Crippen molar-refractivity contribution in [1.29, 1.82) is 0 Å². The van der Waals surface area contributed by atoms with Crippen molar-refractivity contribution >= 4 is 27.5 Å². The lowest BCUT2D eigenvalue weighted by Gasteiger charge is -2.11. The highest BCUT2D eigenvalue weighted by atomic mass is 79.9. The molecule has 0 amide bonds. The summed E-state index contributed by atoms with van der Waals surface area (Å²) >= 11 is 9.38. The number of aryl methyl sites for hydroxylation is 1. The van der Waals surface area contributed by atoms with Crippen LogP contribution >= 0.6 is 27.5 Å². The molecular weight excluding hydrogens is 287 g/mol. The second-order valence-corrected chi connectivity index (χ2v) is 5.67. The van der Waals surface area contributed by atoms with Crippen molar-refractivity contribution in [2.75, 3.05) is 12.5 Å². The van der Waals surface area contributed by atoms with Gasteiger partial charge in [-0.2, -0.15) is 0 Å². The van der Waals surface area contributed by atoms with Crippen molar-refractivity contribution in [3.63, 3.8) is 0 Å². The van der Waals surface area contributed by atoms with E-state index in [9.17, 15) is 0 Å². The van der Waals surface area contributed by atoms with E-state index in [2.05, 4.69) is 35.0 Å². The summed E-state index contributed by atoms with van der Waals surface area (Å²) in [4.78, 5) is 0. The molecule has 16 heavy (non-hydrogen) atoms. The number of alkyl halides is 1. The van der Waals surface area contributed by atoms with Crippen LogP contribution in [0.2, 0.25) is 0 Å². The minimum absolute atomic E-state index is 0.567. The molecule has 1 atom stereocenters. The highest BCUT2D eigenvalue weighted by molar-refractivity contribution is 9.10. The fraction of sp³-hybridized carbons (Fsp3) is 0.538. The average molecular weight is 304 g/mol. The third-order valence-corrected chi connectivity index (χ3v) is 3.98. The first-order valence-electron chi connectivity index (χ1n) is 5.70. The largest absolute Gasteiger partial charge is 0.493 e. The predicted molar refractivity (Wildman–Crippen MR) is 71.5 cm³/mol. The fourth-order valence-corrected chi connectivity index (χ4v) is 2.72. The predicted octanol–water partition coefficient (Wildman–Crippen LogP) is 4.19. The van der Waals surface area contributed by atoms with Crippen LogP contribution in [0.3, 0.4) is 0 Å². The van der Waals surface area contributed by atoms with E-state index in [-0.39, 0.29) is 0 Å². The van der Waals surface area contributed by atoms with E-state index in [1.807, 2.05) is 0 Å². The van der Waals surface area contributed by atoms with Crippen LogP contribution in [0.4, 0.5) is 0 Å². The normalized spacial score (nSPS) is 15.7. The molecule has 2 rings (SSSR count). The van der Waals surface area contributed by atoms with Crippen LogP contribution in [0.1, 0.15) is 24.5 Å². The molecule has 1 aliphatic rings. The summed E-state index contributed by atoms with van der Waals surface area (Å²) < 4.78 is 6.85. The van der Waals surface area contributed by atoms with Crippen molar-refractivity contribution in [3.05, 3.63) is 27.7 Å². The molecule has 0 radical (unpaired) electrons. The van der Waals surface area contributed by atoms with Crippen LogP contribution in [0.25, 0.3) is 0 Å². The van der Waals surface area contributed by atoms with Gasteiger partial charge in [0.25, 0.3) is 0 Å². The molecule has 0 saturated carbocycles. The maximum Gasteiger partial charge on any atom is 0.125 e. The molecule has 88 valence electrons. The molecule has 3 heteroatoms. The van der Waals surface area contributed by atoms with Crippen LogP contribution in [-0.2, 0) is 12.8 Å². The summed E-state index contributed by atoms with van der Waals surface area (Å²) in [5.41, 5.74) is 2.65. The summed E-state index contributed by atoms with van der Waals surface area (Å²) in [6.45, 7) is 3.01. The zero-order chi connectivity index (χ0) is 11.5. The summed E-state index contributed by atoms with van der Waals surface area (Å²) in [7, 11) is 0. The molecule has 0 saturated heterocycles. The van der Waals surface area contributed by atoms with Crippen LogP contribution in [0.5, 0.6) is 5.75 Å². The maximum atomic E-state index is 5.83. The first kappa shape index (κ1) is 12.3. The smallest absolute Gasteiger partial charge is 0.125 e. The molecule has 1 heterocycles. The minimum Gasteiger partial charge on any atom is -0.493 e. The van der Waals surface area contributed by atoms with Gasteiger partial charge < -0.3 is 4.74 Å². The molecule has 0 aromatic heterocycles. The molecule has 1 nitrogen and oxygen atoms in total. The summed E-state index contributed by atoms with van der Waals surface area (Å²) in [5.74, 6) is 2.42. The van der Waals surface area contributed by atoms with E-state index in [1.54, 1.807) is 0 Å². The summed E-state index contributed by atoms with van der Waals surface area (Å²) in [6, 6.07) is 4.34. The van der Waals surface area contributed by atoms with Crippen molar-refractivity contribution in [1.82, 2.24) is 0 Å². The standard InChI is InChI=1S/C13H16BrClO/c1-9(8-15)2-3-10-6-12(14)7-11-4-5-16-13(10)11/h6-7,9H,2-5,8H2,1H3. The van der Waals surface area contributed by atoms with Crippen LogP contribution < -0.4 is 4.74 Å². The third kappa shape index (κ3) is 2.72. The Morgan fingerprint density at radius 2 is 2.31 bits per heavy atom. The Labute approximate surface area is 110 Å². The molecule has 0 N–H and O–H groups in total. The monoisotopic (exact) mass is 302 g/mol. The van der Waals surface area contributed by atoms with Gasteiger partial charge in [-0.05, 0) is 42.0 Å². The minimum atomic E-state index is 0.567. The van der Waals surface area contributed by atoms with Gasteiger partial charge in [0.2, 0.25) is 0 Å². The first-order chi connectivity index (χ1) is 7.70. The molecule has 1 aromatic rings.